The van der Waals surface area contributed by atoms with Crippen molar-refractivity contribution >= 4 is 22.7 Å². The van der Waals surface area contributed by atoms with Crippen molar-refractivity contribution in [2.75, 3.05) is 13.1 Å². The van der Waals surface area contributed by atoms with Crippen LogP contribution in [0.15, 0.2) is 18.2 Å². The van der Waals surface area contributed by atoms with Crippen LogP contribution in [0, 0.1) is 0 Å². The normalized spacial score (nSPS) is 25.0. The highest BCUT2D eigenvalue weighted by atomic mass is 16.2. The van der Waals surface area contributed by atoms with E-state index in [-0.39, 0.29) is 17.7 Å². The number of hydrogen-bond acceptors (Lipinski definition) is 4. The Hall–Kier alpha value is -2.21. The van der Waals surface area contributed by atoms with Crippen LogP contribution >= 0.6 is 0 Å². The van der Waals surface area contributed by atoms with Crippen LogP contribution in [-0.2, 0) is 16.6 Å². The van der Waals surface area contributed by atoms with Crippen LogP contribution in [0.1, 0.15) is 48.8 Å². The van der Waals surface area contributed by atoms with Gasteiger partial charge in [0.1, 0.15) is 0 Å². The molecule has 2 aromatic rings. The molecule has 4 rings (SSSR count). The van der Waals surface area contributed by atoms with E-state index in [1.807, 2.05) is 17.8 Å². The number of imide groups is 1. The zero-order chi connectivity index (χ0) is 16.7. The van der Waals surface area contributed by atoms with Gasteiger partial charge in [-0.15, -0.1) is 0 Å². The third kappa shape index (κ3) is 2.51. The Labute approximate surface area is 140 Å². The highest BCUT2D eigenvalue weighted by molar-refractivity contribution is 6.02. The molecule has 24 heavy (non-hydrogen) atoms. The predicted molar refractivity (Wildman–Crippen MR) is 90.7 cm³/mol. The predicted octanol–water partition coefficient (Wildman–Crippen LogP) is 1.56. The second kappa shape index (κ2) is 6.02. The molecule has 126 valence electrons. The third-order valence-corrected chi connectivity index (χ3v) is 5.23. The van der Waals surface area contributed by atoms with E-state index in [4.69, 9.17) is 0 Å². The molecule has 2 amide bonds. The lowest BCUT2D eigenvalue weighted by Crippen LogP contribution is -2.39. The van der Waals surface area contributed by atoms with Crippen molar-refractivity contribution in [1.82, 2.24) is 20.4 Å². The van der Waals surface area contributed by atoms with E-state index in [0.717, 1.165) is 29.7 Å². The summed E-state index contributed by atoms with van der Waals surface area (Å²) >= 11 is 0. The first kappa shape index (κ1) is 15.3. The molecule has 2 N–H and O–H groups in total. The van der Waals surface area contributed by atoms with Gasteiger partial charge in [-0.3, -0.25) is 19.6 Å². The maximum absolute atomic E-state index is 12.3. The number of benzene rings is 1. The highest BCUT2D eigenvalue weighted by Crippen LogP contribution is 2.35. The maximum Gasteiger partial charge on any atom is 0.235 e. The van der Waals surface area contributed by atoms with Gasteiger partial charge in [-0.2, -0.15) is 5.10 Å². The lowest BCUT2D eigenvalue weighted by molar-refractivity contribution is -0.134. The summed E-state index contributed by atoms with van der Waals surface area (Å²) in [4.78, 5) is 23.7. The van der Waals surface area contributed by atoms with Crippen LogP contribution in [-0.4, -0.2) is 34.7 Å². The first-order valence-electron chi connectivity index (χ1n) is 8.65. The summed E-state index contributed by atoms with van der Waals surface area (Å²) < 4.78 is 1.90. The van der Waals surface area contributed by atoms with E-state index in [1.165, 1.54) is 18.4 Å². The van der Waals surface area contributed by atoms with Gasteiger partial charge >= 0.3 is 0 Å². The molecule has 3 heterocycles. The fourth-order valence-corrected chi connectivity index (χ4v) is 4.05. The Kier molecular flexibility index (Phi) is 3.84. The molecule has 2 saturated heterocycles. The number of carbonyl (C=O) groups is 2. The molecule has 2 fully saturated rings. The average molecular weight is 326 g/mol. The van der Waals surface area contributed by atoms with Gasteiger partial charge in [0.25, 0.3) is 0 Å². The van der Waals surface area contributed by atoms with Gasteiger partial charge in [-0.25, -0.2) is 0 Å². The summed E-state index contributed by atoms with van der Waals surface area (Å²) in [6.07, 6.45) is 3.26. The first-order chi connectivity index (χ1) is 11.6. The number of hydrogen-bond donors (Lipinski definition) is 2. The van der Waals surface area contributed by atoms with Crippen LogP contribution in [0.5, 0.6) is 0 Å². The first-order valence-corrected chi connectivity index (χ1v) is 8.65. The van der Waals surface area contributed by atoms with Crippen LogP contribution in [0.25, 0.3) is 10.9 Å². The molecule has 0 saturated carbocycles. The monoisotopic (exact) mass is 326 g/mol. The molecule has 0 spiro atoms. The Morgan fingerprint density at radius 2 is 2.12 bits per heavy atom. The molecule has 2 aliphatic heterocycles. The number of para-hydroxylation sites is 1. The smallest absolute Gasteiger partial charge is 0.235 e. The number of piperidine rings is 2. The number of nitrogens with zero attached hydrogens (tertiary/aromatic N) is 2. The highest BCUT2D eigenvalue weighted by Gasteiger charge is 2.32. The molecule has 1 aromatic heterocycles. The number of nitrogens with one attached hydrogen (secondary N) is 2. The van der Waals surface area contributed by atoms with Crippen LogP contribution in [0.4, 0.5) is 0 Å². The lowest BCUT2D eigenvalue weighted by atomic mass is 9.88. The van der Waals surface area contributed by atoms with Gasteiger partial charge in [0, 0.05) is 25.4 Å². The summed E-state index contributed by atoms with van der Waals surface area (Å²) in [6, 6.07) is 6.28. The summed E-state index contributed by atoms with van der Waals surface area (Å²) in [7, 11) is 1.94. The van der Waals surface area contributed by atoms with Crippen molar-refractivity contribution in [3.05, 3.63) is 29.5 Å². The van der Waals surface area contributed by atoms with Gasteiger partial charge in [0.2, 0.25) is 11.8 Å². The Bertz CT molecular complexity index is 805. The van der Waals surface area contributed by atoms with Crippen LogP contribution in [0.3, 0.4) is 0 Å². The maximum atomic E-state index is 12.3. The quantitative estimate of drug-likeness (QED) is 0.821. The van der Waals surface area contributed by atoms with E-state index in [1.54, 1.807) is 0 Å². The zero-order valence-corrected chi connectivity index (χ0v) is 13.8. The Morgan fingerprint density at radius 3 is 2.88 bits per heavy atom. The minimum absolute atomic E-state index is 0.189. The van der Waals surface area contributed by atoms with E-state index >= 15 is 0 Å². The summed E-state index contributed by atoms with van der Waals surface area (Å²) in [5.74, 6) is -0.278. The number of aryl methyl sites for hydroxylation is 1. The van der Waals surface area contributed by atoms with E-state index in [2.05, 4.69) is 27.9 Å². The molecule has 0 radical (unpaired) electrons. The molecule has 6 nitrogen and oxygen atoms in total. The van der Waals surface area contributed by atoms with Gasteiger partial charge < -0.3 is 5.32 Å². The van der Waals surface area contributed by atoms with E-state index in [0.29, 0.717) is 18.8 Å². The summed E-state index contributed by atoms with van der Waals surface area (Å²) in [5.41, 5.74) is 3.21. The van der Waals surface area contributed by atoms with Crippen molar-refractivity contribution < 1.29 is 9.59 Å². The number of amides is 2. The largest absolute Gasteiger partial charge is 0.316 e. The zero-order valence-electron chi connectivity index (χ0n) is 13.8. The Balaban J connectivity index is 1.78. The molecule has 1 unspecified atom stereocenters. The minimum Gasteiger partial charge on any atom is -0.316 e. The van der Waals surface area contributed by atoms with Crippen molar-refractivity contribution in [2.45, 2.75) is 37.5 Å². The molecular weight excluding hydrogens is 304 g/mol. The van der Waals surface area contributed by atoms with E-state index in [9.17, 15) is 9.59 Å². The summed E-state index contributed by atoms with van der Waals surface area (Å²) in [6.45, 7) is 2.07. The van der Waals surface area contributed by atoms with Crippen molar-refractivity contribution in [3.63, 3.8) is 0 Å². The molecule has 0 aliphatic carbocycles. The van der Waals surface area contributed by atoms with Gasteiger partial charge in [0.05, 0.1) is 17.1 Å². The molecule has 2 aliphatic rings. The molecule has 0 bridgehead atoms. The SMILES string of the molecule is Cn1nc(C2CCC(=O)NC2=O)c2cccc([C@H]3CCCNC3)c21. The van der Waals surface area contributed by atoms with Crippen molar-refractivity contribution in [2.24, 2.45) is 7.05 Å². The van der Waals surface area contributed by atoms with E-state index < -0.39 is 0 Å². The number of rotatable bonds is 2. The Morgan fingerprint density at radius 1 is 1.25 bits per heavy atom. The second-order valence-electron chi connectivity index (χ2n) is 6.80. The van der Waals surface area contributed by atoms with Crippen molar-refractivity contribution in [3.8, 4) is 0 Å². The van der Waals surface area contributed by atoms with Crippen LogP contribution in [0.2, 0.25) is 0 Å². The molecule has 2 atom stereocenters. The minimum atomic E-state index is -0.342. The number of aromatic nitrogens is 2. The van der Waals surface area contributed by atoms with Gasteiger partial charge in [-0.05, 0) is 37.3 Å². The lowest BCUT2D eigenvalue weighted by Gasteiger charge is -2.24. The summed E-state index contributed by atoms with van der Waals surface area (Å²) in [5, 5.41) is 11.6. The molecule has 1 aromatic carbocycles. The second-order valence-corrected chi connectivity index (χ2v) is 6.80. The third-order valence-electron chi connectivity index (χ3n) is 5.23. The molecular formula is C18H22N4O2. The van der Waals surface area contributed by atoms with Crippen LogP contribution < -0.4 is 10.6 Å². The average Bonchev–Trinajstić information content (AvgIpc) is 2.93. The van der Waals surface area contributed by atoms with Gasteiger partial charge in [0.15, 0.2) is 0 Å². The van der Waals surface area contributed by atoms with Gasteiger partial charge in [-0.1, -0.05) is 18.2 Å². The fraction of sp³-hybridized carbons (Fsp3) is 0.500. The van der Waals surface area contributed by atoms with Crippen molar-refractivity contribution in [1.29, 1.82) is 0 Å². The topological polar surface area (TPSA) is 76.0 Å². The standard InChI is InChI=1S/C18H22N4O2/c1-22-17-12(11-4-3-9-19-10-11)5-2-6-13(17)16(21-22)14-7-8-15(23)20-18(14)24/h2,5-6,11,14,19H,3-4,7-10H2,1H3,(H,20,23,24)/t11-,14?/m0/s1. The molecule has 6 heteroatoms. The number of carbonyl (C=O) groups excluding carboxylic acids is 2. The fourth-order valence-electron chi connectivity index (χ4n) is 4.05. The number of fused-ring (bicyclic) bond motifs is 1.